The third-order valence-electron chi connectivity index (χ3n) is 6.26. The van der Waals surface area contributed by atoms with Crippen molar-refractivity contribution in [2.24, 2.45) is 10.7 Å². The molecule has 1 aliphatic carbocycles. The summed E-state index contributed by atoms with van der Waals surface area (Å²) in [5.74, 6) is 0.397. The average Bonchev–Trinajstić information content (AvgIpc) is 3.30. The van der Waals surface area contributed by atoms with Crippen LogP contribution in [0.2, 0.25) is 0 Å². The summed E-state index contributed by atoms with van der Waals surface area (Å²) < 4.78 is 5.19. The van der Waals surface area contributed by atoms with Gasteiger partial charge in [0.15, 0.2) is 11.6 Å². The van der Waals surface area contributed by atoms with Gasteiger partial charge in [-0.25, -0.2) is 10.0 Å². The van der Waals surface area contributed by atoms with E-state index in [0.717, 1.165) is 5.56 Å². The minimum absolute atomic E-state index is 0.0409. The summed E-state index contributed by atoms with van der Waals surface area (Å²) in [5.41, 5.74) is 10.5. The minimum atomic E-state index is -1.06. The Morgan fingerprint density at radius 3 is 2.54 bits per heavy atom. The molecule has 0 radical (unpaired) electrons. The largest absolute Gasteiger partial charge is 0.497 e. The van der Waals surface area contributed by atoms with E-state index in [4.69, 9.17) is 10.5 Å². The van der Waals surface area contributed by atoms with Crippen molar-refractivity contribution in [3.05, 3.63) is 87.9 Å². The molecule has 1 amide bonds. The number of Topliss-reactive ketones (excluding diaryl/α,β-unsaturated/α-hetero) is 2. The van der Waals surface area contributed by atoms with Crippen LogP contribution in [0.5, 0.6) is 5.75 Å². The number of fused-ring (bicyclic) bond motifs is 2. The Bertz CT molecular complexity index is 1400. The molecule has 2 aliphatic heterocycles. The van der Waals surface area contributed by atoms with Crippen molar-refractivity contribution in [3.63, 3.8) is 0 Å². The van der Waals surface area contributed by atoms with Crippen molar-refractivity contribution in [3.8, 4) is 11.8 Å². The molecule has 1 fully saturated rings. The number of aliphatic imine (C=N–C) groups is 1. The summed E-state index contributed by atoms with van der Waals surface area (Å²) in [6.07, 6.45) is 0.976. The summed E-state index contributed by atoms with van der Waals surface area (Å²) >= 11 is 0. The molecule has 0 aromatic heterocycles. The van der Waals surface area contributed by atoms with Gasteiger partial charge in [0, 0.05) is 17.5 Å². The van der Waals surface area contributed by atoms with E-state index < -0.39 is 11.8 Å². The van der Waals surface area contributed by atoms with Crippen molar-refractivity contribution in [1.82, 2.24) is 15.8 Å². The van der Waals surface area contributed by atoms with Gasteiger partial charge >= 0.3 is 0 Å². The number of hydrogen-bond acceptors (Lipinski definition) is 8. The molecule has 5 rings (SSSR count). The van der Waals surface area contributed by atoms with Crippen LogP contribution in [0.15, 0.2) is 76.2 Å². The molecule has 0 bridgehead atoms. The molecule has 0 spiro atoms. The zero-order valence-electron chi connectivity index (χ0n) is 18.6. The molecule has 2 atom stereocenters. The molecule has 2 aromatic carbocycles. The van der Waals surface area contributed by atoms with E-state index in [-0.39, 0.29) is 45.6 Å². The monoisotopic (exact) mass is 468 g/mol. The standard InChI is InChI=1S/C25H20N6O4/c1-35-14-8-6-13(7-9-14)18-10-19(30-31(18)12-32)28-25-17(11-26)21(27)20-22(29-25)24(34)16-5-3-2-4-15(16)23(20)33/h2-9,12,18,22,29H,10,27H2,1H3,(H,28,30). The summed E-state index contributed by atoms with van der Waals surface area (Å²) in [6, 6.07) is 14.4. The highest BCUT2D eigenvalue weighted by molar-refractivity contribution is 6.25. The second-order valence-corrected chi connectivity index (χ2v) is 8.16. The second kappa shape index (κ2) is 8.46. The highest BCUT2D eigenvalue weighted by Crippen LogP contribution is 2.34. The second-order valence-electron chi connectivity index (χ2n) is 8.16. The number of carbonyl (C=O) groups excluding carboxylic acids is 3. The van der Waals surface area contributed by atoms with Crippen LogP contribution < -0.4 is 21.2 Å². The molecule has 2 heterocycles. The molecule has 3 aliphatic rings. The maximum Gasteiger partial charge on any atom is 0.228 e. The van der Waals surface area contributed by atoms with Crippen molar-refractivity contribution in [2.75, 3.05) is 7.11 Å². The fourth-order valence-electron chi connectivity index (χ4n) is 4.51. The van der Waals surface area contributed by atoms with E-state index in [1.165, 1.54) is 5.01 Å². The lowest BCUT2D eigenvalue weighted by molar-refractivity contribution is -0.121. The molecule has 174 valence electrons. The Kier molecular flexibility index (Phi) is 5.30. The predicted octanol–water partition coefficient (Wildman–Crippen LogP) is 1.50. The lowest BCUT2D eigenvalue weighted by Crippen LogP contribution is -2.48. The van der Waals surface area contributed by atoms with E-state index in [1.807, 2.05) is 18.2 Å². The van der Waals surface area contributed by atoms with Crippen LogP contribution in [0.3, 0.4) is 0 Å². The highest BCUT2D eigenvalue weighted by atomic mass is 16.5. The summed E-state index contributed by atoms with van der Waals surface area (Å²) in [6.45, 7) is 0. The predicted molar refractivity (Wildman–Crippen MR) is 125 cm³/mol. The van der Waals surface area contributed by atoms with Gasteiger partial charge in [-0.3, -0.25) is 19.8 Å². The molecule has 10 nitrogen and oxygen atoms in total. The fraction of sp³-hybridized carbons (Fsp3) is 0.160. The molecule has 10 heteroatoms. The van der Waals surface area contributed by atoms with Gasteiger partial charge in [-0.2, -0.15) is 5.26 Å². The lowest BCUT2D eigenvalue weighted by Gasteiger charge is -2.31. The first kappa shape index (κ1) is 21.9. The molecule has 2 aromatic rings. The fourth-order valence-corrected chi connectivity index (χ4v) is 4.51. The van der Waals surface area contributed by atoms with Gasteiger partial charge in [0.1, 0.15) is 35.1 Å². The number of ketones is 2. The maximum absolute atomic E-state index is 13.2. The van der Waals surface area contributed by atoms with E-state index >= 15 is 0 Å². The van der Waals surface area contributed by atoms with Gasteiger partial charge in [0.05, 0.1) is 24.4 Å². The average molecular weight is 468 g/mol. The lowest BCUT2D eigenvalue weighted by atomic mass is 9.79. The van der Waals surface area contributed by atoms with E-state index in [9.17, 15) is 19.6 Å². The Morgan fingerprint density at radius 1 is 1.17 bits per heavy atom. The zero-order valence-corrected chi connectivity index (χ0v) is 18.6. The summed E-state index contributed by atoms with van der Waals surface area (Å²) in [4.78, 5) is 42.5. The molecule has 35 heavy (non-hydrogen) atoms. The van der Waals surface area contributed by atoms with Crippen LogP contribution in [-0.4, -0.2) is 42.0 Å². The minimum Gasteiger partial charge on any atom is -0.497 e. The van der Waals surface area contributed by atoms with Gasteiger partial charge in [-0.05, 0) is 17.7 Å². The number of hydrogen-bond donors (Lipinski definition) is 3. The molecule has 0 saturated carbocycles. The van der Waals surface area contributed by atoms with Gasteiger partial charge in [-0.15, -0.1) is 0 Å². The van der Waals surface area contributed by atoms with Crippen molar-refractivity contribution < 1.29 is 19.1 Å². The SMILES string of the molecule is COc1ccc(C2C/C(=N\C3=C(C#N)C(N)=C4C(=O)c5ccccc5C(=O)C4N3)NN2C=O)cc1. The number of amides is 1. The third-order valence-corrected chi connectivity index (χ3v) is 6.26. The topological polar surface area (TPSA) is 150 Å². The summed E-state index contributed by atoms with van der Waals surface area (Å²) in [5, 5.41) is 14.1. The van der Waals surface area contributed by atoms with E-state index in [2.05, 4.69) is 15.7 Å². The Balaban J connectivity index is 1.52. The third kappa shape index (κ3) is 3.50. The number of nitrogens with one attached hydrogen (secondary N) is 2. The molecular weight excluding hydrogens is 448 g/mol. The van der Waals surface area contributed by atoms with Gasteiger partial charge in [0.25, 0.3) is 0 Å². The Hall–Kier alpha value is -4.91. The molecule has 1 saturated heterocycles. The number of carbonyl (C=O) groups is 3. The number of benzene rings is 2. The van der Waals surface area contributed by atoms with Gasteiger partial charge in [-0.1, -0.05) is 36.4 Å². The number of nitrogens with zero attached hydrogens (tertiary/aromatic N) is 3. The number of nitriles is 1. The van der Waals surface area contributed by atoms with Crippen LogP contribution in [-0.2, 0) is 4.79 Å². The maximum atomic E-state index is 13.2. The summed E-state index contributed by atoms with van der Waals surface area (Å²) in [7, 11) is 1.57. The number of ether oxygens (including phenoxy) is 1. The van der Waals surface area contributed by atoms with Crippen LogP contribution >= 0.6 is 0 Å². The first-order valence-electron chi connectivity index (χ1n) is 10.8. The van der Waals surface area contributed by atoms with Gasteiger partial charge in [0.2, 0.25) is 6.41 Å². The van der Waals surface area contributed by atoms with Crippen LogP contribution in [0.4, 0.5) is 0 Å². The number of amidine groups is 1. The van der Waals surface area contributed by atoms with Crippen LogP contribution in [0.1, 0.15) is 38.7 Å². The van der Waals surface area contributed by atoms with Gasteiger partial charge < -0.3 is 15.8 Å². The number of nitrogens with two attached hydrogens (primary N) is 1. The number of methoxy groups -OCH3 is 1. The van der Waals surface area contributed by atoms with Crippen molar-refractivity contribution >= 4 is 23.8 Å². The van der Waals surface area contributed by atoms with Crippen molar-refractivity contribution in [1.29, 1.82) is 5.26 Å². The number of allylic oxidation sites excluding steroid dienone is 1. The molecular formula is C25H20N6O4. The quantitative estimate of drug-likeness (QED) is 0.572. The smallest absolute Gasteiger partial charge is 0.228 e. The van der Waals surface area contributed by atoms with E-state index in [0.29, 0.717) is 24.4 Å². The Labute approximate surface area is 200 Å². The van der Waals surface area contributed by atoms with Crippen molar-refractivity contribution in [2.45, 2.75) is 18.5 Å². The number of dihydropyridines is 1. The first-order valence-corrected chi connectivity index (χ1v) is 10.8. The van der Waals surface area contributed by atoms with E-state index in [1.54, 1.807) is 43.5 Å². The first-order chi connectivity index (χ1) is 17.0. The highest BCUT2D eigenvalue weighted by Gasteiger charge is 2.42. The number of hydrazine groups is 1. The Morgan fingerprint density at radius 2 is 1.89 bits per heavy atom. The van der Waals surface area contributed by atoms with Crippen LogP contribution in [0.25, 0.3) is 0 Å². The molecule has 4 N–H and O–H groups in total. The van der Waals surface area contributed by atoms with Crippen LogP contribution in [0, 0.1) is 11.3 Å². The number of rotatable bonds is 4. The zero-order chi connectivity index (χ0) is 24.7. The molecule has 2 unspecified atom stereocenters. The normalized spacial score (nSPS) is 22.3.